The second-order valence-electron chi connectivity index (χ2n) is 6.75. The van der Waals surface area contributed by atoms with Crippen molar-refractivity contribution in [1.82, 2.24) is 10.3 Å². The fraction of sp³-hybridized carbons (Fsp3) is 0.227. The van der Waals surface area contributed by atoms with Gasteiger partial charge in [-0.25, -0.2) is 4.63 Å². The van der Waals surface area contributed by atoms with Crippen molar-refractivity contribution < 1.29 is 14.2 Å². The van der Waals surface area contributed by atoms with Gasteiger partial charge < -0.3 is 10.1 Å². The number of fused-ring (bicyclic) bond motifs is 1. The molecule has 1 aliphatic carbocycles. The molecule has 0 saturated carbocycles. The highest BCUT2D eigenvalue weighted by Crippen LogP contribution is 2.29. The van der Waals surface area contributed by atoms with Crippen LogP contribution in [0.2, 0.25) is 0 Å². The van der Waals surface area contributed by atoms with E-state index in [1.165, 1.54) is 30.0 Å². The van der Waals surface area contributed by atoms with Crippen LogP contribution in [-0.4, -0.2) is 23.3 Å². The zero-order valence-corrected chi connectivity index (χ0v) is 15.6. The molecule has 0 bridgehead atoms. The first-order valence-corrected chi connectivity index (χ1v) is 9.31. The van der Waals surface area contributed by atoms with Crippen LogP contribution in [0.15, 0.2) is 53.2 Å². The number of hydrogen-bond donors (Lipinski definition) is 1. The summed E-state index contributed by atoms with van der Waals surface area (Å²) >= 11 is 0. The molecule has 0 unspecified atom stereocenters. The summed E-state index contributed by atoms with van der Waals surface area (Å²) in [5.41, 5.74) is 5.06. The van der Waals surface area contributed by atoms with E-state index in [1.807, 2.05) is 30.3 Å². The molecule has 1 heterocycles. The standard InChI is InChI=1S/C22H21N3O3/c1-27-19-11-6-15(7-12-19)8-13-20(26)23-22-21(24-28-25-22)18-10-9-16-4-2-3-5-17(16)14-18/h6-14H,2-5H2,1H3,(H,23,25,26)/b13-8+. The zero-order chi connectivity index (χ0) is 19.3. The highest BCUT2D eigenvalue weighted by Gasteiger charge is 2.17. The number of amides is 1. The van der Waals surface area contributed by atoms with Gasteiger partial charge in [0.05, 0.1) is 7.11 Å². The molecule has 0 saturated heterocycles. The number of nitrogens with zero attached hydrogens (tertiary/aromatic N) is 2. The van der Waals surface area contributed by atoms with Gasteiger partial charge in [0.15, 0.2) is 5.69 Å². The van der Waals surface area contributed by atoms with Crippen LogP contribution in [0.4, 0.5) is 5.82 Å². The van der Waals surface area contributed by atoms with Crippen LogP contribution < -0.4 is 10.1 Å². The second-order valence-corrected chi connectivity index (χ2v) is 6.75. The number of carbonyl (C=O) groups excluding carboxylic acids is 1. The van der Waals surface area contributed by atoms with Crippen LogP contribution in [0.3, 0.4) is 0 Å². The summed E-state index contributed by atoms with van der Waals surface area (Å²) in [4.78, 5) is 12.3. The molecule has 1 N–H and O–H groups in total. The van der Waals surface area contributed by atoms with Gasteiger partial charge in [0.2, 0.25) is 11.7 Å². The van der Waals surface area contributed by atoms with Gasteiger partial charge in [-0.1, -0.05) is 24.3 Å². The Balaban J connectivity index is 1.48. The first-order chi connectivity index (χ1) is 13.7. The van der Waals surface area contributed by atoms with Gasteiger partial charge >= 0.3 is 0 Å². The lowest BCUT2D eigenvalue weighted by molar-refractivity contribution is -0.111. The minimum Gasteiger partial charge on any atom is -0.497 e. The third-order valence-corrected chi connectivity index (χ3v) is 4.90. The second kappa shape index (κ2) is 8.08. The number of rotatable bonds is 5. The van der Waals surface area contributed by atoms with Gasteiger partial charge in [0, 0.05) is 11.6 Å². The molecule has 1 aliphatic rings. The van der Waals surface area contributed by atoms with E-state index in [-0.39, 0.29) is 5.91 Å². The summed E-state index contributed by atoms with van der Waals surface area (Å²) in [7, 11) is 1.62. The van der Waals surface area contributed by atoms with E-state index in [0.717, 1.165) is 29.7 Å². The normalized spacial score (nSPS) is 13.3. The molecular formula is C22H21N3O3. The third kappa shape index (κ3) is 3.96. The Labute approximate surface area is 163 Å². The van der Waals surface area contributed by atoms with Crippen molar-refractivity contribution in [3.63, 3.8) is 0 Å². The topological polar surface area (TPSA) is 77.2 Å². The maximum atomic E-state index is 12.3. The fourth-order valence-electron chi connectivity index (χ4n) is 3.39. The summed E-state index contributed by atoms with van der Waals surface area (Å²) in [6.07, 6.45) is 7.80. The maximum Gasteiger partial charge on any atom is 0.249 e. The minimum absolute atomic E-state index is 0.300. The first kappa shape index (κ1) is 18.0. The summed E-state index contributed by atoms with van der Waals surface area (Å²) in [5.74, 6) is 0.788. The Morgan fingerprint density at radius 3 is 2.64 bits per heavy atom. The average molecular weight is 375 g/mol. The van der Waals surface area contributed by atoms with E-state index < -0.39 is 0 Å². The van der Waals surface area contributed by atoms with Gasteiger partial charge in [0.25, 0.3) is 0 Å². The van der Waals surface area contributed by atoms with Crippen molar-refractivity contribution in [2.75, 3.05) is 12.4 Å². The molecule has 0 fully saturated rings. The van der Waals surface area contributed by atoms with Crippen LogP contribution in [0.5, 0.6) is 5.75 Å². The molecule has 0 atom stereocenters. The van der Waals surface area contributed by atoms with Gasteiger partial charge in [0.1, 0.15) is 5.75 Å². The Bertz CT molecular complexity index is 1010. The van der Waals surface area contributed by atoms with Gasteiger partial charge in [-0.15, -0.1) is 0 Å². The average Bonchev–Trinajstić information content (AvgIpc) is 3.20. The highest BCUT2D eigenvalue weighted by atomic mass is 16.6. The van der Waals surface area contributed by atoms with E-state index in [0.29, 0.717) is 11.5 Å². The molecule has 3 aromatic rings. The highest BCUT2D eigenvalue weighted by molar-refractivity contribution is 6.03. The molecule has 1 amide bonds. The van der Waals surface area contributed by atoms with Crippen molar-refractivity contribution in [1.29, 1.82) is 0 Å². The van der Waals surface area contributed by atoms with Crippen molar-refractivity contribution in [3.8, 4) is 17.0 Å². The summed E-state index contributed by atoms with van der Waals surface area (Å²) < 4.78 is 10.0. The summed E-state index contributed by atoms with van der Waals surface area (Å²) in [5, 5.41) is 10.6. The molecule has 6 nitrogen and oxygen atoms in total. The fourth-order valence-corrected chi connectivity index (χ4v) is 3.39. The number of benzene rings is 2. The molecule has 28 heavy (non-hydrogen) atoms. The molecule has 6 heteroatoms. The number of hydrogen-bond acceptors (Lipinski definition) is 5. The lowest BCUT2D eigenvalue weighted by atomic mass is 9.90. The number of ether oxygens (including phenoxy) is 1. The monoisotopic (exact) mass is 375 g/mol. The molecule has 142 valence electrons. The van der Waals surface area contributed by atoms with Crippen LogP contribution in [-0.2, 0) is 17.6 Å². The van der Waals surface area contributed by atoms with Crippen molar-refractivity contribution >= 4 is 17.8 Å². The predicted octanol–water partition coefficient (Wildman–Crippen LogP) is 4.28. The van der Waals surface area contributed by atoms with Crippen molar-refractivity contribution in [2.45, 2.75) is 25.7 Å². The SMILES string of the molecule is COc1ccc(/C=C/C(=O)Nc2nonc2-c2ccc3c(c2)CCCC3)cc1. The van der Waals surface area contributed by atoms with Crippen LogP contribution >= 0.6 is 0 Å². The first-order valence-electron chi connectivity index (χ1n) is 9.31. The number of aromatic nitrogens is 2. The van der Waals surface area contributed by atoms with Gasteiger partial charge in [-0.2, -0.15) is 0 Å². The quantitative estimate of drug-likeness (QED) is 0.674. The maximum absolute atomic E-state index is 12.3. The molecule has 0 aliphatic heterocycles. The minimum atomic E-state index is -0.300. The number of nitrogens with one attached hydrogen (secondary N) is 1. The van der Waals surface area contributed by atoms with E-state index >= 15 is 0 Å². The van der Waals surface area contributed by atoms with Gasteiger partial charge in [-0.3, -0.25) is 4.79 Å². The Morgan fingerprint density at radius 2 is 1.86 bits per heavy atom. The zero-order valence-electron chi connectivity index (χ0n) is 15.6. The van der Waals surface area contributed by atoms with Crippen molar-refractivity contribution in [2.24, 2.45) is 0 Å². The van der Waals surface area contributed by atoms with Crippen LogP contribution in [0.1, 0.15) is 29.5 Å². The van der Waals surface area contributed by atoms with E-state index in [1.54, 1.807) is 13.2 Å². The number of anilines is 1. The van der Waals surface area contributed by atoms with E-state index in [4.69, 9.17) is 9.37 Å². The lowest BCUT2D eigenvalue weighted by Crippen LogP contribution is -2.09. The summed E-state index contributed by atoms with van der Waals surface area (Å²) in [6, 6.07) is 13.7. The lowest BCUT2D eigenvalue weighted by Gasteiger charge is -2.16. The van der Waals surface area contributed by atoms with Crippen LogP contribution in [0, 0.1) is 0 Å². The Morgan fingerprint density at radius 1 is 1.07 bits per heavy atom. The molecule has 0 radical (unpaired) electrons. The molecular weight excluding hydrogens is 354 g/mol. The Kier molecular flexibility index (Phi) is 5.19. The van der Waals surface area contributed by atoms with E-state index in [9.17, 15) is 4.79 Å². The van der Waals surface area contributed by atoms with Crippen LogP contribution in [0.25, 0.3) is 17.3 Å². The molecule has 2 aromatic carbocycles. The predicted molar refractivity (Wildman–Crippen MR) is 107 cm³/mol. The molecule has 1 aromatic heterocycles. The number of aryl methyl sites for hydroxylation is 2. The third-order valence-electron chi connectivity index (χ3n) is 4.90. The summed E-state index contributed by atoms with van der Waals surface area (Å²) in [6.45, 7) is 0. The Hall–Kier alpha value is -3.41. The largest absolute Gasteiger partial charge is 0.497 e. The van der Waals surface area contributed by atoms with E-state index in [2.05, 4.69) is 27.8 Å². The number of methoxy groups -OCH3 is 1. The smallest absolute Gasteiger partial charge is 0.249 e. The molecule has 4 rings (SSSR count). The van der Waals surface area contributed by atoms with Crippen molar-refractivity contribution in [3.05, 3.63) is 65.2 Å². The number of carbonyl (C=O) groups is 1. The molecule has 0 spiro atoms. The van der Waals surface area contributed by atoms with Gasteiger partial charge in [-0.05, 0) is 77.0 Å².